The van der Waals surface area contributed by atoms with Gasteiger partial charge in [0.1, 0.15) is 0 Å². The van der Waals surface area contributed by atoms with Crippen LogP contribution in [0.4, 0.5) is 0 Å². The third kappa shape index (κ3) is 0.936. The van der Waals surface area contributed by atoms with E-state index in [9.17, 15) is 0 Å². The summed E-state index contributed by atoms with van der Waals surface area (Å²) in [6.07, 6.45) is 0.658. The van der Waals surface area contributed by atoms with Crippen molar-refractivity contribution in [1.82, 2.24) is 0 Å². The standard InChI is InChI=1S/C5H6ClNO/c6-5(3-7)1-2-8-4-5/h1-2,4H2. The van der Waals surface area contributed by atoms with E-state index in [1.807, 2.05) is 6.07 Å². The predicted octanol–water partition coefficient (Wildman–Crippen LogP) is 0.908. The summed E-state index contributed by atoms with van der Waals surface area (Å²) in [6, 6.07) is 1.98. The van der Waals surface area contributed by atoms with Crippen molar-refractivity contribution in [3.8, 4) is 6.07 Å². The topological polar surface area (TPSA) is 33.0 Å². The lowest BCUT2D eigenvalue weighted by Gasteiger charge is -2.04. The highest BCUT2D eigenvalue weighted by Gasteiger charge is 2.31. The molecule has 0 radical (unpaired) electrons. The SMILES string of the molecule is N#CC1(Cl)CCOC1. The Balaban J connectivity index is 2.56. The molecule has 0 spiro atoms. The molecule has 1 unspecified atom stereocenters. The summed E-state index contributed by atoms with van der Waals surface area (Å²) >= 11 is 5.67. The molecule has 44 valence electrons. The van der Waals surface area contributed by atoms with Crippen LogP contribution in [0.25, 0.3) is 0 Å². The van der Waals surface area contributed by atoms with Crippen LogP contribution in [-0.2, 0) is 4.74 Å². The average molecular weight is 132 g/mol. The molecule has 1 rings (SSSR count). The second-order valence-corrected chi connectivity index (χ2v) is 2.60. The first kappa shape index (κ1) is 5.87. The molecule has 2 nitrogen and oxygen atoms in total. The Bertz CT molecular complexity index is 123. The summed E-state index contributed by atoms with van der Waals surface area (Å²) < 4.78 is 4.90. The lowest BCUT2D eigenvalue weighted by molar-refractivity contribution is 0.194. The molecule has 0 aliphatic carbocycles. The Morgan fingerprint density at radius 2 is 2.50 bits per heavy atom. The van der Waals surface area contributed by atoms with Gasteiger partial charge in [-0.3, -0.25) is 0 Å². The molecule has 8 heavy (non-hydrogen) atoms. The van der Waals surface area contributed by atoms with Gasteiger partial charge >= 0.3 is 0 Å². The van der Waals surface area contributed by atoms with E-state index < -0.39 is 4.87 Å². The van der Waals surface area contributed by atoms with Crippen molar-refractivity contribution in [1.29, 1.82) is 5.26 Å². The van der Waals surface area contributed by atoms with E-state index in [0.29, 0.717) is 19.6 Å². The molecule has 0 N–H and O–H groups in total. The number of alkyl halides is 1. The minimum absolute atomic E-state index is 0.380. The second-order valence-electron chi connectivity index (χ2n) is 1.88. The van der Waals surface area contributed by atoms with Crippen LogP contribution >= 0.6 is 11.6 Å². The van der Waals surface area contributed by atoms with Crippen LogP contribution in [-0.4, -0.2) is 18.1 Å². The summed E-state index contributed by atoms with van der Waals surface area (Å²) in [5.41, 5.74) is 0. The number of hydrogen-bond donors (Lipinski definition) is 0. The second kappa shape index (κ2) is 1.93. The number of nitriles is 1. The molecule has 0 amide bonds. The van der Waals surface area contributed by atoms with E-state index in [1.165, 1.54) is 0 Å². The molecule has 0 saturated carbocycles. The highest BCUT2D eigenvalue weighted by atomic mass is 35.5. The van der Waals surface area contributed by atoms with Crippen LogP contribution in [0.1, 0.15) is 6.42 Å². The Labute approximate surface area is 53.0 Å². The molecular weight excluding hydrogens is 126 g/mol. The van der Waals surface area contributed by atoms with Crippen molar-refractivity contribution >= 4 is 11.6 Å². The van der Waals surface area contributed by atoms with E-state index in [2.05, 4.69) is 0 Å². The fraction of sp³-hybridized carbons (Fsp3) is 0.800. The molecule has 3 heteroatoms. The maximum absolute atomic E-state index is 8.36. The fourth-order valence-electron chi connectivity index (χ4n) is 0.628. The minimum atomic E-state index is -0.708. The Hall–Kier alpha value is -0.260. The first-order valence-electron chi connectivity index (χ1n) is 2.45. The van der Waals surface area contributed by atoms with Crippen molar-refractivity contribution in [2.24, 2.45) is 0 Å². The van der Waals surface area contributed by atoms with Crippen molar-refractivity contribution < 1.29 is 4.74 Å². The molecule has 1 aliphatic heterocycles. The number of halogens is 1. The Morgan fingerprint density at radius 1 is 1.75 bits per heavy atom. The van der Waals surface area contributed by atoms with Crippen LogP contribution < -0.4 is 0 Å². The third-order valence-electron chi connectivity index (χ3n) is 1.17. The fourth-order valence-corrected chi connectivity index (χ4v) is 0.783. The summed E-state index contributed by atoms with van der Waals surface area (Å²) in [6.45, 7) is 1.00. The van der Waals surface area contributed by atoms with Crippen molar-refractivity contribution in [2.75, 3.05) is 13.2 Å². The monoisotopic (exact) mass is 131 g/mol. The molecule has 1 fully saturated rings. The van der Waals surface area contributed by atoms with E-state index >= 15 is 0 Å². The number of nitrogens with zero attached hydrogens (tertiary/aromatic N) is 1. The van der Waals surface area contributed by atoms with Gasteiger partial charge in [-0.05, 0) is 0 Å². The lowest BCUT2D eigenvalue weighted by Crippen LogP contribution is -2.17. The molecule has 0 aromatic carbocycles. The van der Waals surface area contributed by atoms with Gasteiger partial charge in [-0.25, -0.2) is 0 Å². The Morgan fingerprint density at radius 3 is 2.75 bits per heavy atom. The third-order valence-corrected chi connectivity index (χ3v) is 1.56. The summed E-state index contributed by atoms with van der Waals surface area (Å²) in [5.74, 6) is 0. The van der Waals surface area contributed by atoms with Gasteiger partial charge in [0, 0.05) is 13.0 Å². The van der Waals surface area contributed by atoms with E-state index in [4.69, 9.17) is 21.6 Å². The van der Waals surface area contributed by atoms with E-state index in [-0.39, 0.29) is 0 Å². The highest BCUT2D eigenvalue weighted by Crippen LogP contribution is 2.24. The van der Waals surface area contributed by atoms with Crippen LogP contribution in [0, 0.1) is 11.3 Å². The molecule has 1 atom stereocenters. The summed E-state index contributed by atoms with van der Waals surface area (Å²) in [7, 11) is 0. The largest absolute Gasteiger partial charge is 0.378 e. The maximum Gasteiger partial charge on any atom is 0.156 e. The predicted molar refractivity (Wildman–Crippen MR) is 29.6 cm³/mol. The molecule has 0 bridgehead atoms. The van der Waals surface area contributed by atoms with Gasteiger partial charge in [0.2, 0.25) is 0 Å². The quantitative estimate of drug-likeness (QED) is 0.458. The number of hydrogen-bond acceptors (Lipinski definition) is 2. The molecule has 1 heterocycles. The zero-order valence-electron chi connectivity index (χ0n) is 4.35. The maximum atomic E-state index is 8.36. The first-order chi connectivity index (χ1) is 3.77. The van der Waals surface area contributed by atoms with E-state index in [0.717, 1.165) is 0 Å². The molecular formula is C5H6ClNO. The molecule has 1 aliphatic rings. The minimum Gasteiger partial charge on any atom is -0.378 e. The number of rotatable bonds is 0. The van der Waals surface area contributed by atoms with Gasteiger partial charge in [-0.1, -0.05) is 0 Å². The zero-order chi connectivity index (χ0) is 6.04. The van der Waals surface area contributed by atoms with Crippen LogP contribution in [0.3, 0.4) is 0 Å². The average Bonchev–Trinajstić information content (AvgIpc) is 2.17. The van der Waals surface area contributed by atoms with Gasteiger partial charge in [-0.15, -0.1) is 11.6 Å². The zero-order valence-corrected chi connectivity index (χ0v) is 5.11. The highest BCUT2D eigenvalue weighted by molar-refractivity contribution is 6.26. The van der Waals surface area contributed by atoms with Crippen LogP contribution in [0.15, 0.2) is 0 Å². The Kier molecular flexibility index (Phi) is 1.41. The van der Waals surface area contributed by atoms with Gasteiger partial charge in [0.25, 0.3) is 0 Å². The van der Waals surface area contributed by atoms with Crippen molar-refractivity contribution in [2.45, 2.75) is 11.3 Å². The lowest BCUT2D eigenvalue weighted by atomic mass is 10.1. The van der Waals surface area contributed by atoms with Gasteiger partial charge < -0.3 is 4.74 Å². The number of ether oxygens (including phenoxy) is 1. The summed E-state index contributed by atoms with van der Waals surface area (Å²) in [4.78, 5) is -0.708. The molecule has 0 aromatic rings. The van der Waals surface area contributed by atoms with Crippen molar-refractivity contribution in [3.63, 3.8) is 0 Å². The van der Waals surface area contributed by atoms with Crippen LogP contribution in [0.5, 0.6) is 0 Å². The molecule has 1 saturated heterocycles. The van der Waals surface area contributed by atoms with Crippen LogP contribution in [0.2, 0.25) is 0 Å². The summed E-state index contributed by atoms with van der Waals surface area (Å²) in [5, 5.41) is 8.36. The van der Waals surface area contributed by atoms with Gasteiger partial charge in [0.15, 0.2) is 4.87 Å². The van der Waals surface area contributed by atoms with E-state index in [1.54, 1.807) is 0 Å². The van der Waals surface area contributed by atoms with Crippen molar-refractivity contribution in [3.05, 3.63) is 0 Å². The molecule has 0 aromatic heterocycles. The van der Waals surface area contributed by atoms with Gasteiger partial charge in [0.05, 0.1) is 12.7 Å². The first-order valence-corrected chi connectivity index (χ1v) is 2.83. The smallest absolute Gasteiger partial charge is 0.156 e. The normalized spacial score (nSPS) is 37.0. The van der Waals surface area contributed by atoms with Gasteiger partial charge in [-0.2, -0.15) is 5.26 Å².